The Balaban J connectivity index is 1.94. The van der Waals surface area contributed by atoms with E-state index in [9.17, 15) is 9.18 Å². The molecular formula is C20H12Cl2FN3O. The first-order chi connectivity index (χ1) is 13.0. The Kier molecular flexibility index (Phi) is 5.70. The van der Waals surface area contributed by atoms with Gasteiger partial charge in [-0.2, -0.15) is 5.26 Å². The number of amides is 1. The molecule has 0 bridgehead atoms. The normalized spacial score (nSPS) is 11.5. The average molecular weight is 400 g/mol. The first-order valence-electron chi connectivity index (χ1n) is 7.85. The number of hydrogen-bond donors (Lipinski definition) is 1. The highest BCUT2D eigenvalue weighted by molar-refractivity contribution is 6.30. The van der Waals surface area contributed by atoms with E-state index in [1.807, 2.05) is 0 Å². The number of aromatic nitrogens is 1. The molecule has 0 aliphatic heterocycles. The van der Waals surface area contributed by atoms with Gasteiger partial charge in [0.05, 0.1) is 11.6 Å². The van der Waals surface area contributed by atoms with Crippen molar-refractivity contribution in [3.8, 4) is 6.07 Å². The fourth-order valence-corrected chi connectivity index (χ4v) is 2.77. The highest BCUT2D eigenvalue weighted by Gasteiger charge is 2.19. The smallest absolute Gasteiger partial charge is 0.252 e. The van der Waals surface area contributed by atoms with Crippen LogP contribution in [0.3, 0.4) is 0 Å². The van der Waals surface area contributed by atoms with Gasteiger partial charge in [0.25, 0.3) is 5.91 Å². The standard InChI is InChI=1S/C20H12Cl2FN3O/c21-16-6-3-12(4-7-16)19(15-5-8-18(22)25-11-15)26-20(27)13-1-2-14(10-24)17(23)9-13/h1-9,11,19H,(H,26,27). The summed E-state index contributed by atoms with van der Waals surface area (Å²) in [5.74, 6) is -1.24. The predicted molar refractivity (Wildman–Crippen MR) is 101 cm³/mol. The molecule has 0 spiro atoms. The monoisotopic (exact) mass is 399 g/mol. The van der Waals surface area contributed by atoms with Gasteiger partial charge in [0.15, 0.2) is 0 Å². The number of benzene rings is 2. The van der Waals surface area contributed by atoms with Gasteiger partial charge in [-0.05, 0) is 47.5 Å². The van der Waals surface area contributed by atoms with Crippen LogP contribution >= 0.6 is 23.2 Å². The quantitative estimate of drug-likeness (QED) is 0.633. The van der Waals surface area contributed by atoms with Crippen LogP contribution in [0.4, 0.5) is 4.39 Å². The number of carbonyl (C=O) groups excluding carboxylic acids is 1. The van der Waals surface area contributed by atoms with Gasteiger partial charge in [0.1, 0.15) is 17.0 Å². The van der Waals surface area contributed by atoms with Gasteiger partial charge in [-0.1, -0.05) is 41.4 Å². The molecule has 1 atom stereocenters. The van der Waals surface area contributed by atoms with Crippen LogP contribution in [0.1, 0.15) is 33.1 Å². The van der Waals surface area contributed by atoms with Crippen molar-refractivity contribution in [2.75, 3.05) is 0 Å². The summed E-state index contributed by atoms with van der Waals surface area (Å²) in [4.78, 5) is 16.7. The van der Waals surface area contributed by atoms with E-state index in [1.54, 1.807) is 48.7 Å². The van der Waals surface area contributed by atoms with Gasteiger partial charge in [0, 0.05) is 16.8 Å². The van der Waals surface area contributed by atoms with Crippen LogP contribution in [-0.4, -0.2) is 10.9 Å². The summed E-state index contributed by atoms with van der Waals surface area (Å²) >= 11 is 11.8. The molecule has 0 saturated carbocycles. The maximum absolute atomic E-state index is 13.8. The molecule has 1 amide bonds. The van der Waals surface area contributed by atoms with E-state index >= 15 is 0 Å². The minimum Gasteiger partial charge on any atom is -0.341 e. The summed E-state index contributed by atoms with van der Waals surface area (Å²) in [5.41, 5.74) is 1.45. The Labute approximate surface area is 165 Å². The number of nitrogens with zero attached hydrogens (tertiary/aromatic N) is 2. The summed E-state index contributed by atoms with van der Waals surface area (Å²) in [6.07, 6.45) is 1.56. The van der Waals surface area contributed by atoms with Crippen molar-refractivity contribution < 1.29 is 9.18 Å². The van der Waals surface area contributed by atoms with E-state index in [0.717, 1.165) is 11.6 Å². The summed E-state index contributed by atoms with van der Waals surface area (Å²) in [6.45, 7) is 0. The minimum absolute atomic E-state index is 0.104. The van der Waals surface area contributed by atoms with Gasteiger partial charge < -0.3 is 5.32 Å². The SMILES string of the molecule is N#Cc1ccc(C(=O)NC(c2ccc(Cl)cc2)c2ccc(Cl)nc2)cc1F. The van der Waals surface area contributed by atoms with Gasteiger partial charge in [0.2, 0.25) is 0 Å². The van der Waals surface area contributed by atoms with Crippen molar-refractivity contribution in [3.05, 3.63) is 99.0 Å². The largest absolute Gasteiger partial charge is 0.341 e. The molecule has 1 N–H and O–H groups in total. The number of nitrogens with one attached hydrogen (secondary N) is 1. The number of rotatable bonds is 4. The molecule has 3 aromatic rings. The lowest BCUT2D eigenvalue weighted by atomic mass is 9.99. The van der Waals surface area contributed by atoms with E-state index in [4.69, 9.17) is 28.5 Å². The van der Waals surface area contributed by atoms with E-state index in [-0.39, 0.29) is 11.1 Å². The molecule has 0 saturated heterocycles. The third-order valence-electron chi connectivity index (χ3n) is 3.91. The number of hydrogen-bond acceptors (Lipinski definition) is 3. The van der Waals surface area contributed by atoms with Gasteiger partial charge in [-0.15, -0.1) is 0 Å². The van der Waals surface area contributed by atoms with Crippen LogP contribution in [0.15, 0.2) is 60.8 Å². The lowest BCUT2D eigenvalue weighted by molar-refractivity contribution is 0.0942. The summed E-state index contributed by atoms with van der Waals surface area (Å²) in [7, 11) is 0. The maximum Gasteiger partial charge on any atom is 0.252 e. The van der Waals surface area contributed by atoms with Gasteiger partial charge in [-0.25, -0.2) is 9.37 Å². The Hall–Kier alpha value is -2.94. The lowest BCUT2D eigenvalue weighted by Gasteiger charge is -2.20. The zero-order valence-corrected chi connectivity index (χ0v) is 15.3. The molecule has 27 heavy (non-hydrogen) atoms. The van der Waals surface area contributed by atoms with Crippen molar-refractivity contribution in [1.29, 1.82) is 5.26 Å². The highest BCUT2D eigenvalue weighted by atomic mass is 35.5. The second kappa shape index (κ2) is 8.17. The van der Waals surface area contributed by atoms with Crippen molar-refractivity contribution in [3.63, 3.8) is 0 Å². The molecule has 0 fully saturated rings. The van der Waals surface area contributed by atoms with Crippen LogP contribution in [0.2, 0.25) is 10.2 Å². The van der Waals surface area contributed by atoms with E-state index in [2.05, 4.69) is 10.3 Å². The molecule has 0 radical (unpaired) electrons. The third kappa shape index (κ3) is 4.43. The average Bonchev–Trinajstić information content (AvgIpc) is 2.67. The summed E-state index contributed by atoms with van der Waals surface area (Å²) < 4.78 is 13.8. The molecular weight excluding hydrogens is 388 g/mol. The van der Waals surface area contributed by atoms with Crippen LogP contribution in [0.5, 0.6) is 0 Å². The zero-order valence-electron chi connectivity index (χ0n) is 13.8. The minimum atomic E-state index is -0.749. The van der Waals surface area contributed by atoms with Crippen LogP contribution in [-0.2, 0) is 0 Å². The maximum atomic E-state index is 13.8. The summed E-state index contributed by atoms with van der Waals surface area (Å²) in [6, 6.07) is 15.2. The van der Waals surface area contributed by atoms with E-state index in [1.165, 1.54) is 12.1 Å². The second-order valence-electron chi connectivity index (χ2n) is 5.68. The number of carbonyl (C=O) groups is 1. The topological polar surface area (TPSA) is 65.8 Å². The van der Waals surface area contributed by atoms with Crippen molar-refractivity contribution in [1.82, 2.24) is 10.3 Å². The molecule has 134 valence electrons. The van der Waals surface area contributed by atoms with E-state index in [0.29, 0.717) is 15.7 Å². The molecule has 1 unspecified atom stereocenters. The van der Waals surface area contributed by atoms with Crippen molar-refractivity contribution in [2.45, 2.75) is 6.04 Å². The highest BCUT2D eigenvalue weighted by Crippen LogP contribution is 2.24. The van der Waals surface area contributed by atoms with Gasteiger partial charge >= 0.3 is 0 Å². The van der Waals surface area contributed by atoms with Crippen molar-refractivity contribution in [2.24, 2.45) is 0 Å². The molecule has 3 rings (SSSR count). The molecule has 0 aliphatic rings. The molecule has 7 heteroatoms. The van der Waals surface area contributed by atoms with Crippen molar-refractivity contribution >= 4 is 29.1 Å². The first kappa shape index (κ1) is 18.8. The second-order valence-corrected chi connectivity index (χ2v) is 6.50. The third-order valence-corrected chi connectivity index (χ3v) is 4.39. The fraction of sp³-hybridized carbons (Fsp3) is 0.0500. The Bertz CT molecular complexity index is 969. The molecule has 1 heterocycles. The molecule has 0 aliphatic carbocycles. The number of pyridine rings is 1. The number of nitriles is 1. The van der Waals surface area contributed by atoms with Crippen LogP contribution < -0.4 is 5.32 Å². The molecule has 2 aromatic carbocycles. The fourth-order valence-electron chi connectivity index (χ4n) is 2.53. The first-order valence-corrected chi connectivity index (χ1v) is 8.61. The Morgan fingerprint density at radius 3 is 2.37 bits per heavy atom. The zero-order chi connectivity index (χ0) is 19.4. The molecule has 4 nitrogen and oxygen atoms in total. The van der Waals surface area contributed by atoms with E-state index < -0.39 is 17.8 Å². The molecule has 1 aromatic heterocycles. The lowest BCUT2D eigenvalue weighted by Crippen LogP contribution is -2.29. The summed E-state index contributed by atoms with van der Waals surface area (Å²) in [5, 5.41) is 12.6. The van der Waals surface area contributed by atoms with Crippen LogP contribution in [0, 0.1) is 17.1 Å². The Morgan fingerprint density at radius 1 is 1.07 bits per heavy atom. The van der Waals surface area contributed by atoms with Crippen LogP contribution in [0.25, 0.3) is 0 Å². The Morgan fingerprint density at radius 2 is 1.78 bits per heavy atom. The number of halogens is 3. The predicted octanol–water partition coefficient (Wildman–Crippen LogP) is 4.92. The van der Waals surface area contributed by atoms with Gasteiger partial charge in [-0.3, -0.25) is 4.79 Å².